The number of anilines is 3. The molecule has 1 saturated heterocycles. The summed E-state index contributed by atoms with van der Waals surface area (Å²) >= 11 is 0. The van der Waals surface area contributed by atoms with Crippen molar-refractivity contribution in [3.63, 3.8) is 0 Å². The van der Waals surface area contributed by atoms with E-state index in [4.69, 9.17) is 9.97 Å². The van der Waals surface area contributed by atoms with Crippen LogP contribution in [0.4, 0.5) is 17.3 Å². The van der Waals surface area contributed by atoms with Crippen LogP contribution in [0.5, 0.6) is 0 Å². The predicted molar refractivity (Wildman–Crippen MR) is 160 cm³/mol. The molecule has 9 nitrogen and oxygen atoms in total. The fourth-order valence-electron chi connectivity index (χ4n) is 5.54. The van der Waals surface area contributed by atoms with Crippen molar-refractivity contribution in [3.8, 4) is 0 Å². The van der Waals surface area contributed by atoms with Gasteiger partial charge in [-0.1, -0.05) is 42.5 Å². The van der Waals surface area contributed by atoms with Crippen LogP contribution in [0.25, 0.3) is 27.8 Å². The van der Waals surface area contributed by atoms with Crippen LogP contribution in [-0.2, 0) is 0 Å². The Hall–Kier alpha value is -4.76. The van der Waals surface area contributed by atoms with E-state index in [1.807, 2.05) is 78.1 Å². The highest BCUT2D eigenvalue weighted by Gasteiger charge is 2.21. The molecule has 1 atom stereocenters. The molecule has 7 rings (SSSR count). The van der Waals surface area contributed by atoms with Gasteiger partial charge >= 0.3 is 0 Å². The van der Waals surface area contributed by atoms with Crippen molar-refractivity contribution in [3.05, 3.63) is 101 Å². The number of imidazole rings is 1. The van der Waals surface area contributed by atoms with Crippen LogP contribution in [0, 0.1) is 0 Å². The molecule has 3 aromatic heterocycles. The first kappa shape index (κ1) is 24.3. The molecule has 0 saturated carbocycles. The number of para-hydroxylation sites is 2. The number of benzene rings is 3. The SMILES string of the molecule is C[C@H](c1ccccc1)n1c(=O)c2cnc(Nc3ccc(N4CCN(C)CC4)cc3)nc2n2c3ccccc3nc12. The van der Waals surface area contributed by atoms with Gasteiger partial charge in [-0.3, -0.25) is 13.8 Å². The standard InChI is InChI=1S/C31H30N8O/c1-21(22-8-4-3-5-9-22)38-29(40)25-20-32-30(35-28(25)39-27-11-7-6-10-26(27)34-31(38)39)33-23-12-14-24(15-13-23)37-18-16-36(2)17-19-37/h3-15,20-21H,16-19H2,1-2H3,(H,32,33,35)/t21-/m1/s1. The van der Waals surface area contributed by atoms with Crippen molar-refractivity contribution >= 4 is 45.2 Å². The largest absolute Gasteiger partial charge is 0.369 e. The maximum atomic E-state index is 13.9. The topological polar surface area (TPSA) is 83.6 Å². The van der Waals surface area contributed by atoms with Gasteiger partial charge in [0.05, 0.1) is 17.1 Å². The monoisotopic (exact) mass is 530 g/mol. The second kappa shape index (κ2) is 9.77. The summed E-state index contributed by atoms with van der Waals surface area (Å²) in [6.07, 6.45) is 1.62. The van der Waals surface area contributed by atoms with Gasteiger partial charge in [-0.2, -0.15) is 4.98 Å². The van der Waals surface area contributed by atoms with E-state index >= 15 is 0 Å². The average Bonchev–Trinajstić information content (AvgIpc) is 3.38. The highest BCUT2D eigenvalue weighted by Crippen LogP contribution is 2.26. The lowest BCUT2D eigenvalue weighted by Crippen LogP contribution is -2.44. The summed E-state index contributed by atoms with van der Waals surface area (Å²) < 4.78 is 3.71. The Labute approximate surface area is 231 Å². The zero-order valence-electron chi connectivity index (χ0n) is 22.5. The summed E-state index contributed by atoms with van der Waals surface area (Å²) in [5.41, 5.74) is 5.16. The summed E-state index contributed by atoms with van der Waals surface area (Å²) in [6, 6.07) is 26.0. The van der Waals surface area contributed by atoms with Gasteiger partial charge in [-0.05, 0) is 55.9 Å². The molecule has 9 heteroatoms. The first-order valence-corrected chi connectivity index (χ1v) is 13.6. The van der Waals surface area contributed by atoms with E-state index in [0.717, 1.165) is 48.5 Å². The van der Waals surface area contributed by atoms with Gasteiger partial charge in [-0.15, -0.1) is 0 Å². The zero-order chi connectivity index (χ0) is 27.2. The van der Waals surface area contributed by atoms with Gasteiger partial charge in [0.1, 0.15) is 5.39 Å². The lowest BCUT2D eigenvalue weighted by atomic mass is 10.1. The van der Waals surface area contributed by atoms with Crippen LogP contribution >= 0.6 is 0 Å². The minimum absolute atomic E-state index is 0.169. The van der Waals surface area contributed by atoms with Gasteiger partial charge < -0.3 is 15.1 Å². The highest BCUT2D eigenvalue weighted by molar-refractivity contribution is 5.87. The van der Waals surface area contributed by atoms with Crippen LogP contribution < -0.4 is 15.8 Å². The lowest BCUT2D eigenvalue weighted by Gasteiger charge is -2.34. The number of hydrogen-bond acceptors (Lipinski definition) is 7. The van der Waals surface area contributed by atoms with E-state index in [-0.39, 0.29) is 11.6 Å². The van der Waals surface area contributed by atoms with Crippen molar-refractivity contribution in [2.45, 2.75) is 13.0 Å². The fraction of sp³-hybridized carbons (Fsp3) is 0.226. The number of hydrogen-bond donors (Lipinski definition) is 1. The first-order chi connectivity index (χ1) is 19.6. The van der Waals surface area contributed by atoms with Crippen molar-refractivity contribution in [2.75, 3.05) is 43.4 Å². The van der Waals surface area contributed by atoms with Gasteiger partial charge in [-0.25, -0.2) is 9.97 Å². The molecule has 1 aliphatic rings. The molecule has 6 aromatic rings. The molecule has 0 unspecified atom stereocenters. The number of fused-ring (bicyclic) bond motifs is 5. The molecule has 1 N–H and O–H groups in total. The highest BCUT2D eigenvalue weighted by atomic mass is 16.1. The third-order valence-corrected chi connectivity index (χ3v) is 7.85. The van der Waals surface area contributed by atoms with Crippen LogP contribution in [0.1, 0.15) is 18.5 Å². The van der Waals surface area contributed by atoms with E-state index in [1.54, 1.807) is 10.8 Å². The second-order valence-electron chi connectivity index (χ2n) is 10.4. The molecule has 4 heterocycles. The summed E-state index contributed by atoms with van der Waals surface area (Å²) in [5, 5.41) is 3.77. The molecular formula is C31H30N8O. The van der Waals surface area contributed by atoms with Gasteiger partial charge in [0.2, 0.25) is 11.7 Å². The van der Waals surface area contributed by atoms with E-state index in [2.05, 4.69) is 39.3 Å². The smallest absolute Gasteiger partial charge is 0.266 e. The Bertz CT molecular complexity index is 1890. The molecule has 0 radical (unpaired) electrons. The van der Waals surface area contributed by atoms with E-state index in [1.165, 1.54) is 5.69 Å². The molecular weight excluding hydrogens is 500 g/mol. The Morgan fingerprint density at radius 3 is 2.35 bits per heavy atom. The molecule has 1 aliphatic heterocycles. The Morgan fingerprint density at radius 2 is 1.57 bits per heavy atom. The molecule has 0 amide bonds. The Balaban J connectivity index is 1.31. The molecule has 200 valence electrons. The zero-order valence-corrected chi connectivity index (χ0v) is 22.5. The molecule has 0 aliphatic carbocycles. The van der Waals surface area contributed by atoms with Crippen LogP contribution in [0.15, 0.2) is 89.9 Å². The number of nitrogens with one attached hydrogen (secondary N) is 1. The first-order valence-electron chi connectivity index (χ1n) is 13.6. The Morgan fingerprint density at radius 1 is 0.850 bits per heavy atom. The maximum absolute atomic E-state index is 13.9. The van der Waals surface area contributed by atoms with Crippen LogP contribution in [0.3, 0.4) is 0 Å². The number of likely N-dealkylation sites (N-methyl/N-ethyl adjacent to an activating group) is 1. The predicted octanol–water partition coefficient (Wildman–Crippen LogP) is 4.70. The molecule has 1 fully saturated rings. The summed E-state index contributed by atoms with van der Waals surface area (Å²) in [7, 11) is 2.16. The Kier molecular flexibility index (Phi) is 5.93. The number of aromatic nitrogens is 5. The number of piperazine rings is 1. The van der Waals surface area contributed by atoms with Crippen molar-refractivity contribution in [1.82, 2.24) is 28.8 Å². The van der Waals surface area contributed by atoms with Crippen LogP contribution in [-0.4, -0.2) is 62.0 Å². The van der Waals surface area contributed by atoms with Gasteiger partial charge in [0.15, 0.2) is 5.65 Å². The van der Waals surface area contributed by atoms with E-state index in [0.29, 0.717) is 22.8 Å². The minimum Gasteiger partial charge on any atom is -0.369 e. The molecule has 0 bridgehead atoms. The second-order valence-corrected chi connectivity index (χ2v) is 10.4. The molecule has 3 aromatic carbocycles. The lowest BCUT2D eigenvalue weighted by molar-refractivity contribution is 0.313. The minimum atomic E-state index is -0.228. The fourth-order valence-corrected chi connectivity index (χ4v) is 5.54. The molecule has 40 heavy (non-hydrogen) atoms. The van der Waals surface area contributed by atoms with Crippen molar-refractivity contribution < 1.29 is 0 Å². The summed E-state index contributed by atoms with van der Waals surface area (Å²) in [4.78, 5) is 32.9. The van der Waals surface area contributed by atoms with Gasteiger partial charge in [0.25, 0.3) is 5.56 Å². The van der Waals surface area contributed by atoms with Crippen molar-refractivity contribution in [1.29, 1.82) is 0 Å². The van der Waals surface area contributed by atoms with Crippen molar-refractivity contribution in [2.24, 2.45) is 0 Å². The number of rotatable bonds is 5. The van der Waals surface area contributed by atoms with E-state index in [9.17, 15) is 4.79 Å². The summed E-state index contributed by atoms with van der Waals surface area (Å²) in [5.74, 6) is 0.975. The third-order valence-electron chi connectivity index (χ3n) is 7.85. The third kappa shape index (κ3) is 4.15. The normalized spacial score (nSPS) is 15.2. The molecule has 0 spiro atoms. The quantitative estimate of drug-likeness (QED) is 0.346. The van der Waals surface area contributed by atoms with E-state index < -0.39 is 0 Å². The van der Waals surface area contributed by atoms with Gasteiger partial charge in [0, 0.05) is 43.8 Å². The number of nitrogens with zero attached hydrogens (tertiary/aromatic N) is 7. The maximum Gasteiger partial charge on any atom is 0.266 e. The van der Waals surface area contributed by atoms with Crippen LogP contribution in [0.2, 0.25) is 0 Å². The summed E-state index contributed by atoms with van der Waals surface area (Å²) in [6.45, 7) is 6.19. The average molecular weight is 531 g/mol.